The Kier molecular flexibility index (Phi) is 4.12. The van der Waals surface area contributed by atoms with Crippen LogP contribution in [0.2, 0.25) is 0 Å². The van der Waals surface area contributed by atoms with Gasteiger partial charge in [-0.05, 0) is 47.9 Å². The van der Waals surface area contributed by atoms with E-state index in [1.165, 1.54) is 12.5 Å². The molecule has 0 unspecified atom stereocenters. The Hall–Kier alpha value is -3.21. The molecule has 5 nitrogen and oxygen atoms in total. The Morgan fingerprint density at radius 2 is 1.97 bits per heavy atom. The zero-order valence-electron chi connectivity index (χ0n) is 16.4. The van der Waals surface area contributed by atoms with E-state index in [0.717, 1.165) is 47.3 Å². The minimum atomic E-state index is -0.157. The zero-order valence-corrected chi connectivity index (χ0v) is 16.4. The maximum Gasteiger partial charge on any atom is 0.222 e. The van der Waals surface area contributed by atoms with Gasteiger partial charge in [0.25, 0.3) is 0 Å². The average molecular weight is 385 g/mol. The number of benzene rings is 1. The molecule has 1 amide bonds. The van der Waals surface area contributed by atoms with Gasteiger partial charge >= 0.3 is 0 Å². The Bertz CT molecular complexity index is 1110. The number of hydrogen-bond donors (Lipinski definition) is 2. The Morgan fingerprint density at radius 1 is 1.17 bits per heavy atom. The Balaban J connectivity index is 1.63. The van der Waals surface area contributed by atoms with Crippen LogP contribution in [0.25, 0.3) is 11.3 Å². The molecule has 2 aliphatic carbocycles. The van der Waals surface area contributed by atoms with Gasteiger partial charge in [-0.15, -0.1) is 0 Å². The lowest BCUT2D eigenvalue weighted by Crippen LogP contribution is -2.21. The first-order valence-corrected chi connectivity index (χ1v) is 10.1. The van der Waals surface area contributed by atoms with E-state index in [2.05, 4.69) is 27.4 Å². The lowest BCUT2D eigenvalue weighted by atomic mass is 9.82. The number of nitrogens with zero attached hydrogens (tertiary/aromatic N) is 1. The van der Waals surface area contributed by atoms with Crippen LogP contribution in [0.4, 0.5) is 5.82 Å². The summed E-state index contributed by atoms with van der Waals surface area (Å²) in [6.45, 7) is 1.47. The number of carbonyl (C=O) groups excluding carboxylic acids is 2. The quantitative estimate of drug-likeness (QED) is 0.693. The number of H-pyrrole nitrogens is 1. The molecule has 2 aromatic heterocycles. The van der Waals surface area contributed by atoms with Crippen LogP contribution in [0.3, 0.4) is 0 Å². The van der Waals surface area contributed by atoms with E-state index < -0.39 is 0 Å². The van der Waals surface area contributed by atoms with Gasteiger partial charge in [-0.1, -0.05) is 30.3 Å². The van der Waals surface area contributed by atoms with Crippen molar-refractivity contribution in [3.63, 3.8) is 0 Å². The van der Waals surface area contributed by atoms with Gasteiger partial charge in [0.15, 0.2) is 5.78 Å². The number of pyridine rings is 1. The number of aromatic amines is 1. The molecule has 1 aromatic carbocycles. The van der Waals surface area contributed by atoms with Gasteiger partial charge in [-0.25, -0.2) is 4.98 Å². The molecule has 5 heteroatoms. The van der Waals surface area contributed by atoms with Crippen molar-refractivity contribution in [2.75, 3.05) is 5.32 Å². The fourth-order valence-electron chi connectivity index (χ4n) is 4.52. The van der Waals surface area contributed by atoms with Crippen LogP contribution in [0.5, 0.6) is 0 Å². The summed E-state index contributed by atoms with van der Waals surface area (Å²) in [4.78, 5) is 32.4. The lowest BCUT2D eigenvalue weighted by molar-refractivity contribution is -0.114. The molecule has 0 atom stereocenters. The lowest BCUT2D eigenvalue weighted by Gasteiger charge is -2.21. The third kappa shape index (κ3) is 3.37. The Labute approximate surface area is 169 Å². The first-order valence-electron chi connectivity index (χ1n) is 10.1. The van der Waals surface area contributed by atoms with E-state index >= 15 is 0 Å². The fraction of sp³-hybridized carbons (Fsp3) is 0.292. The van der Waals surface area contributed by atoms with Gasteiger partial charge in [0.05, 0.1) is 5.69 Å². The first kappa shape index (κ1) is 17.9. The van der Waals surface area contributed by atoms with Crippen LogP contribution in [-0.4, -0.2) is 21.7 Å². The molecule has 146 valence electrons. The normalized spacial score (nSPS) is 16.5. The third-order valence-electron chi connectivity index (χ3n) is 6.08. The number of fused-ring (bicyclic) bond motifs is 1. The van der Waals surface area contributed by atoms with Gasteiger partial charge in [-0.3, -0.25) is 9.59 Å². The van der Waals surface area contributed by atoms with E-state index in [-0.39, 0.29) is 17.1 Å². The highest BCUT2D eigenvalue weighted by Crippen LogP contribution is 2.55. The summed E-state index contributed by atoms with van der Waals surface area (Å²) in [5, 5.41) is 2.75. The maximum atomic E-state index is 13.1. The molecular formula is C24H23N3O2. The van der Waals surface area contributed by atoms with Crippen LogP contribution >= 0.6 is 0 Å². The van der Waals surface area contributed by atoms with Gasteiger partial charge in [0, 0.05) is 42.8 Å². The second-order valence-corrected chi connectivity index (χ2v) is 8.38. The number of amides is 1. The van der Waals surface area contributed by atoms with E-state index in [4.69, 9.17) is 0 Å². The Morgan fingerprint density at radius 3 is 2.69 bits per heavy atom. The predicted octanol–water partition coefficient (Wildman–Crippen LogP) is 4.54. The topological polar surface area (TPSA) is 74.8 Å². The minimum Gasteiger partial charge on any atom is -0.358 e. The molecule has 2 heterocycles. The van der Waals surface area contributed by atoms with Crippen LogP contribution in [-0.2, 0) is 17.6 Å². The van der Waals surface area contributed by atoms with E-state index in [1.807, 2.05) is 30.3 Å². The molecule has 2 aliphatic rings. The van der Waals surface area contributed by atoms with Crippen LogP contribution in [0.1, 0.15) is 53.4 Å². The van der Waals surface area contributed by atoms with Gasteiger partial charge in [-0.2, -0.15) is 0 Å². The summed E-state index contributed by atoms with van der Waals surface area (Å²) in [5.74, 6) is 0.613. The monoisotopic (exact) mass is 385 g/mol. The van der Waals surface area contributed by atoms with Crippen molar-refractivity contribution in [3.05, 3.63) is 71.0 Å². The fourth-order valence-corrected chi connectivity index (χ4v) is 4.52. The smallest absolute Gasteiger partial charge is 0.222 e. The van der Waals surface area contributed by atoms with Crippen molar-refractivity contribution in [3.8, 4) is 11.3 Å². The molecule has 1 saturated carbocycles. The van der Waals surface area contributed by atoms with E-state index in [0.29, 0.717) is 18.7 Å². The molecule has 29 heavy (non-hydrogen) atoms. The van der Waals surface area contributed by atoms with Gasteiger partial charge in [0.2, 0.25) is 5.91 Å². The summed E-state index contributed by atoms with van der Waals surface area (Å²) in [5.41, 5.74) is 6.24. The molecule has 0 bridgehead atoms. The number of carbonyl (C=O) groups is 2. The first-order chi connectivity index (χ1) is 14.0. The second-order valence-electron chi connectivity index (χ2n) is 8.38. The van der Waals surface area contributed by atoms with Crippen LogP contribution in [0, 0.1) is 5.41 Å². The number of hydrogen-bond acceptors (Lipinski definition) is 3. The number of rotatable bonds is 4. The molecule has 0 aliphatic heterocycles. The van der Waals surface area contributed by atoms with Crippen molar-refractivity contribution in [1.29, 1.82) is 0 Å². The van der Waals surface area contributed by atoms with Crippen molar-refractivity contribution >= 4 is 17.5 Å². The summed E-state index contributed by atoms with van der Waals surface area (Å²) < 4.78 is 0. The molecule has 0 radical (unpaired) electrons. The van der Waals surface area contributed by atoms with Gasteiger partial charge in [0.1, 0.15) is 5.82 Å². The maximum absolute atomic E-state index is 13.1. The predicted molar refractivity (Wildman–Crippen MR) is 112 cm³/mol. The SMILES string of the molecule is CC(=O)Nc1cc(-c2[nH]c3c(c2Cc2ccccc2)C(=O)CC2(CC2)C3)ccn1. The summed E-state index contributed by atoms with van der Waals surface area (Å²) in [6, 6.07) is 14.0. The van der Waals surface area contributed by atoms with Crippen molar-refractivity contribution in [2.45, 2.75) is 39.0 Å². The molecule has 3 aromatic rings. The van der Waals surface area contributed by atoms with Crippen molar-refractivity contribution < 1.29 is 9.59 Å². The van der Waals surface area contributed by atoms with Crippen molar-refractivity contribution in [1.82, 2.24) is 9.97 Å². The second kappa shape index (κ2) is 6.69. The van der Waals surface area contributed by atoms with E-state index in [9.17, 15) is 9.59 Å². The summed E-state index contributed by atoms with van der Waals surface area (Å²) in [7, 11) is 0. The third-order valence-corrected chi connectivity index (χ3v) is 6.08. The number of anilines is 1. The van der Waals surface area contributed by atoms with Crippen molar-refractivity contribution in [2.24, 2.45) is 5.41 Å². The molecular weight excluding hydrogens is 362 g/mol. The zero-order chi connectivity index (χ0) is 20.0. The average Bonchev–Trinajstić information content (AvgIpc) is 3.32. The highest BCUT2D eigenvalue weighted by molar-refractivity contribution is 6.02. The number of ketones is 1. The highest BCUT2D eigenvalue weighted by Gasteiger charge is 2.49. The van der Waals surface area contributed by atoms with E-state index in [1.54, 1.807) is 6.20 Å². The highest BCUT2D eigenvalue weighted by atomic mass is 16.1. The standard InChI is InChI=1S/C24H23N3O2/c1-15(28)26-21-12-17(7-10-25-21)23-18(11-16-5-3-2-4-6-16)22-19(27-23)13-24(8-9-24)14-20(22)29/h2-7,10,12,27H,8-9,11,13-14H2,1H3,(H,25,26,28). The summed E-state index contributed by atoms with van der Waals surface area (Å²) >= 11 is 0. The number of nitrogens with one attached hydrogen (secondary N) is 2. The minimum absolute atomic E-state index is 0.157. The van der Waals surface area contributed by atoms with Crippen LogP contribution < -0.4 is 5.32 Å². The van der Waals surface area contributed by atoms with Crippen LogP contribution in [0.15, 0.2) is 48.7 Å². The molecule has 1 spiro atoms. The molecule has 1 fully saturated rings. The number of Topliss-reactive ketones (excluding diaryl/α,β-unsaturated/α-hetero) is 1. The summed E-state index contributed by atoms with van der Waals surface area (Å²) in [6.07, 6.45) is 6.27. The largest absolute Gasteiger partial charge is 0.358 e. The molecule has 0 saturated heterocycles. The number of aromatic nitrogens is 2. The van der Waals surface area contributed by atoms with Gasteiger partial charge < -0.3 is 10.3 Å². The molecule has 2 N–H and O–H groups in total. The molecule has 5 rings (SSSR count).